The summed E-state index contributed by atoms with van der Waals surface area (Å²) >= 11 is 0. The normalized spacial score (nSPS) is 11.8. The molecule has 0 saturated carbocycles. The second-order valence-electron chi connectivity index (χ2n) is 4.64. The first-order chi connectivity index (χ1) is 11.4. The summed E-state index contributed by atoms with van der Waals surface area (Å²) in [6.07, 6.45) is 0.501. The summed E-state index contributed by atoms with van der Waals surface area (Å²) in [4.78, 5) is 3.94. The van der Waals surface area contributed by atoms with Gasteiger partial charge in [-0.3, -0.25) is 0 Å². The zero-order chi connectivity index (χ0) is 17.4. The van der Waals surface area contributed by atoms with Crippen LogP contribution in [0.25, 0.3) is 22.7 Å². The minimum Gasteiger partial charge on any atom is -0.435 e. The predicted molar refractivity (Wildman–Crippen MR) is 73.7 cm³/mol. The number of fused-ring (bicyclic) bond motifs is 1. The lowest BCUT2D eigenvalue weighted by Crippen LogP contribution is -2.04. The molecule has 0 radical (unpaired) electrons. The molecule has 0 spiro atoms. The number of para-hydroxylation sites is 2. The van der Waals surface area contributed by atoms with Crippen molar-refractivity contribution >= 4 is 22.7 Å². The number of benzene rings is 2. The first-order valence-electron chi connectivity index (χ1n) is 6.43. The Hall–Kier alpha value is -3.21. The number of oxazole rings is 1. The van der Waals surface area contributed by atoms with Gasteiger partial charge in [-0.2, -0.15) is 5.26 Å². The fourth-order valence-electron chi connectivity index (χ4n) is 2.02. The van der Waals surface area contributed by atoms with Crippen LogP contribution in [0.3, 0.4) is 0 Å². The zero-order valence-corrected chi connectivity index (χ0v) is 11.6. The molecule has 0 amide bonds. The number of halogens is 5. The molecule has 0 atom stereocenters. The highest BCUT2D eigenvalue weighted by Crippen LogP contribution is 2.28. The van der Waals surface area contributed by atoms with E-state index in [0.717, 1.165) is 0 Å². The first kappa shape index (κ1) is 15.7. The fourth-order valence-corrected chi connectivity index (χ4v) is 2.02. The molecule has 24 heavy (non-hydrogen) atoms. The molecule has 0 unspecified atom stereocenters. The third kappa shape index (κ3) is 2.40. The highest BCUT2D eigenvalue weighted by Gasteiger charge is 2.25. The fraction of sp³-hybridized carbons (Fsp3) is 0. The van der Waals surface area contributed by atoms with Crippen LogP contribution in [0.2, 0.25) is 0 Å². The molecule has 0 bridgehead atoms. The Bertz CT molecular complexity index is 971. The van der Waals surface area contributed by atoms with E-state index in [4.69, 9.17) is 9.68 Å². The van der Waals surface area contributed by atoms with E-state index in [2.05, 4.69) is 4.98 Å². The lowest BCUT2D eigenvalue weighted by atomic mass is 10.1. The number of aromatic nitrogens is 1. The van der Waals surface area contributed by atoms with E-state index < -0.39 is 40.2 Å². The Morgan fingerprint density at radius 1 is 0.958 bits per heavy atom. The molecule has 0 aliphatic rings. The van der Waals surface area contributed by atoms with Crippen LogP contribution >= 0.6 is 0 Å². The van der Waals surface area contributed by atoms with Gasteiger partial charge in [-0.15, -0.1) is 0 Å². The van der Waals surface area contributed by atoms with E-state index in [1.807, 2.05) is 0 Å². The van der Waals surface area contributed by atoms with E-state index in [0.29, 0.717) is 17.2 Å². The minimum atomic E-state index is -2.28. The van der Waals surface area contributed by atoms with Crippen molar-refractivity contribution in [1.82, 2.24) is 4.98 Å². The van der Waals surface area contributed by atoms with Gasteiger partial charge < -0.3 is 4.42 Å². The minimum absolute atomic E-state index is 0.297. The Kier molecular flexibility index (Phi) is 3.77. The number of nitrogens with zero attached hydrogens (tertiary/aromatic N) is 2. The number of hydrogen-bond donors (Lipinski definition) is 0. The van der Waals surface area contributed by atoms with Crippen LogP contribution in [0.4, 0.5) is 22.0 Å². The molecule has 120 valence electrons. The van der Waals surface area contributed by atoms with Gasteiger partial charge in [0.05, 0.1) is 5.56 Å². The molecule has 0 aliphatic heterocycles. The topological polar surface area (TPSA) is 49.8 Å². The molecule has 8 heteroatoms. The molecule has 0 aliphatic carbocycles. The van der Waals surface area contributed by atoms with Gasteiger partial charge in [-0.25, -0.2) is 26.9 Å². The number of nitriles is 1. The Labute approximate surface area is 131 Å². The molecule has 3 aromatic rings. The van der Waals surface area contributed by atoms with E-state index in [1.165, 1.54) is 0 Å². The summed E-state index contributed by atoms with van der Waals surface area (Å²) in [5.41, 5.74) is -1.07. The molecular formula is C16H5F5N2O. The van der Waals surface area contributed by atoms with Crippen molar-refractivity contribution < 1.29 is 26.4 Å². The van der Waals surface area contributed by atoms with Crippen LogP contribution in [-0.4, -0.2) is 4.98 Å². The highest BCUT2D eigenvalue weighted by atomic mass is 19.2. The van der Waals surface area contributed by atoms with Gasteiger partial charge in [-0.05, 0) is 18.2 Å². The second-order valence-corrected chi connectivity index (χ2v) is 4.64. The van der Waals surface area contributed by atoms with E-state index in [9.17, 15) is 22.0 Å². The van der Waals surface area contributed by atoms with Gasteiger partial charge in [0.25, 0.3) is 0 Å². The average molecular weight is 336 g/mol. The molecule has 0 saturated heterocycles. The summed E-state index contributed by atoms with van der Waals surface area (Å²) in [5, 5.41) is 9.12. The van der Waals surface area contributed by atoms with Crippen LogP contribution < -0.4 is 0 Å². The van der Waals surface area contributed by atoms with Crippen molar-refractivity contribution in [2.75, 3.05) is 0 Å². The maximum Gasteiger partial charge on any atom is 0.238 e. The van der Waals surface area contributed by atoms with Crippen molar-refractivity contribution in [3.8, 4) is 6.07 Å². The maximum absolute atomic E-state index is 13.7. The smallest absolute Gasteiger partial charge is 0.238 e. The zero-order valence-electron chi connectivity index (χ0n) is 11.6. The van der Waals surface area contributed by atoms with E-state index in [-0.39, 0.29) is 5.89 Å². The van der Waals surface area contributed by atoms with Crippen LogP contribution in [0.1, 0.15) is 11.5 Å². The number of rotatable bonds is 2. The van der Waals surface area contributed by atoms with E-state index in [1.54, 1.807) is 30.3 Å². The summed E-state index contributed by atoms with van der Waals surface area (Å²) in [7, 11) is 0. The van der Waals surface area contributed by atoms with Crippen LogP contribution in [0.5, 0.6) is 0 Å². The van der Waals surface area contributed by atoms with Crippen molar-refractivity contribution in [2.24, 2.45) is 0 Å². The third-order valence-corrected chi connectivity index (χ3v) is 3.18. The lowest BCUT2D eigenvalue weighted by Gasteiger charge is -2.04. The van der Waals surface area contributed by atoms with Crippen molar-refractivity contribution in [3.05, 3.63) is 64.8 Å². The molecule has 3 nitrogen and oxygen atoms in total. The summed E-state index contributed by atoms with van der Waals surface area (Å²) in [5.74, 6) is -10.9. The van der Waals surface area contributed by atoms with Gasteiger partial charge in [0.2, 0.25) is 11.7 Å². The maximum atomic E-state index is 13.7. The SMILES string of the molecule is N#C/C(=C\c1c(F)c(F)c(F)c(F)c1F)c1nc2ccccc2o1. The first-order valence-corrected chi connectivity index (χ1v) is 6.43. The number of hydrogen-bond acceptors (Lipinski definition) is 3. The molecule has 0 N–H and O–H groups in total. The van der Waals surface area contributed by atoms with Gasteiger partial charge in [0.1, 0.15) is 17.2 Å². The lowest BCUT2D eigenvalue weighted by molar-refractivity contribution is 0.377. The number of allylic oxidation sites excluding steroid dienone is 1. The standard InChI is InChI=1S/C16H5F5N2O/c17-11-8(12(18)14(20)15(21)13(11)19)5-7(6-22)16-23-9-3-1-2-4-10(9)24-16/h1-5H/b7-5+. The van der Waals surface area contributed by atoms with Gasteiger partial charge in [-0.1, -0.05) is 12.1 Å². The highest BCUT2D eigenvalue weighted by molar-refractivity contribution is 5.89. The second kappa shape index (κ2) is 5.77. The molecule has 1 heterocycles. The molecule has 3 rings (SSSR count). The summed E-state index contributed by atoms with van der Waals surface area (Å²) in [6.45, 7) is 0. The predicted octanol–water partition coefficient (Wildman–Crippen LogP) is 4.59. The third-order valence-electron chi connectivity index (χ3n) is 3.18. The molecule has 1 aromatic heterocycles. The summed E-state index contributed by atoms with van der Waals surface area (Å²) in [6, 6.07) is 7.96. The van der Waals surface area contributed by atoms with Crippen molar-refractivity contribution in [2.45, 2.75) is 0 Å². The van der Waals surface area contributed by atoms with Crippen molar-refractivity contribution in [3.63, 3.8) is 0 Å². The van der Waals surface area contributed by atoms with Gasteiger partial charge >= 0.3 is 0 Å². The largest absolute Gasteiger partial charge is 0.435 e. The quantitative estimate of drug-likeness (QED) is 0.298. The Morgan fingerprint density at radius 2 is 1.54 bits per heavy atom. The monoisotopic (exact) mass is 336 g/mol. The molecule has 2 aromatic carbocycles. The van der Waals surface area contributed by atoms with Crippen LogP contribution in [0, 0.1) is 40.4 Å². The van der Waals surface area contributed by atoms with Gasteiger partial charge in [0.15, 0.2) is 28.9 Å². The Balaban J connectivity index is 2.21. The Morgan fingerprint density at radius 3 is 2.12 bits per heavy atom. The molecular weight excluding hydrogens is 331 g/mol. The summed E-state index contributed by atoms with van der Waals surface area (Å²) < 4.78 is 72.1. The van der Waals surface area contributed by atoms with Crippen LogP contribution in [-0.2, 0) is 0 Å². The molecule has 0 fully saturated rings. The average Bonchev–Trinajstić information content (AvgIpc) is 3.02. The van der Waals surface area contributed by atoms with E-state index >= 15 is 0 Å². The van der Waals surface area contributed by atoms with Crippen LogP contribution in [0.15, 0.2) is 28.7 Å². The van der Waals surface area contributed by atoms with Gasteiger partial charge in [0, 0.05) is 0 Å². The van der Waals surface area contributed by atoms with Crippen molar-refractivity contribution in [1.29, 1.82) is 5.26 Å².